The number of nitrogens with zero attached hydrogens (tertiary/aromatic N) is 1. The lowest BCUT2D eigenvalue weighted by molar-refractivity contribution is 0.314. The Labute approximate surface area is 152 Å². The minimum atomic E-state index is 1.26. The maximum Gasteiger partial charge on any atom is -0.00218 e. The van der Waals surface area contributed by atoms with Crippen LogP contribution in [-0.2, 0) is 0 Å². The minimum Gasteiger partial charge on any atom is -0.306 e. The zero-order valence-electron chi connectivity index (χ0n) is 16.9. The van der Waals surface area contributed by atoms with Gasteiger partial charge in [0, 0.05) is 0 Å². The lowest BCUT2D eigenvalue weighted by Gasteiger charge is -2.16. The number of hydrogen-bond donors (Lipinski definition) is 0. The van der Waals surface area contributed by atoms with Crippen LogP contribution >= 0.6 is 0 Å². The third-order valence-electron chi connectivity index (χ3n) is 5.36. The highest BCUT2D eigenvalue weighted by Crippen LogP contribution is 2.17. The largest absolute Gasteiger partial charge is 0.306 e. The quantitative estimate of drug-likeness (QED) is 0.450. The number of allylic oxidation sites excluding steroid dienone is 4. The van der Waals surface area contributed by atoms with Gasteiger partial charge in [0.2, 0.25) is 0 Å². The van der Waals surface area contributed by atoms with E-state index in [1.54, 1.807) is 5.57 Å². The third-order valence-corrected chi connectivity index (χ3v) is 5.36. The topological polar surface area (TPSA) is 3.24 Å². The van der Waals surface area contributed by atoms with E-state index < -0.39 is 0 Å². The lowest BCUT2D eigenvalue weighted by atomic mass is 10.0. The van der Waals surface area contributed by atoms with Crippen LogP contribution in [0.25, 0.3) is 0 Å². The zero-order valence-corrected chi connectivity index (χ0v) is 16.9. The summed E-state index contributed by atoms with van der Waals surface area (Å²) in [4.78, 5) is 2.54. The van der Waals surface area contributed by atoms with Gasteiger partial charge in [0.1, 0.15) is 0 Å². The molecule has 0 amide bonds. The Kier molecular flexibility index (Phi) is 13.2. The van der Waals surface area contributed by atoms with Crippen molar-refractivity contribution in [1.29, 1.82) is 0 Å². The monoisotopic (exact) mass is 333 g/mol. The normalized spacial score (nSPS) is 23.5. The summed E-state index contributed by atoms with van der Waals surface area (Å²) in [6.07, 6.45) is 24.2. The van der Waals surface area contributed by atoms with Gasteiger partial charge in [-0.3, -0.25) is 0 Å². The van der Waals surface area contributed by atoms with Crippen LogP contribution in [0.1, 0.15) is 104 Å². The van der Waals surface area contributed by atoms with Gasteiger partial charge in [-0.2, -0.15) is 0 Å². The molecule has 24 heavy (non-hydrogen) atoms. The Morgan fingerprint density at radius 2 is 1.21 bits per heavy atom. The van der Waals surface area contributed by atoms with Crippen LogP contribution in [-0.4, -0.2) is 25.0 Å². The zero-order chi connectivity index (χ0) is 17.5. The summed E-state index contributed by atoms with van der Waals surface area (Å²) in [6, 6.07) is 0. The molecule has 0 spiro atoms. The van der Waals surface area contributed by atoms with Gasteiger partial charge < -0.3 is 4.90 Å². The smallest absolute Gasteiger partial charge is 0.00218 e. The average Bonchev–Trinajstić information content (AvgIpc) is 2.55. The number of hydrogen-bond acceptors (Lipinski definition) is 1. The molecule has 0 saturated heterocycles. The second kappa shape index (κ2) is 14.8. The van der Waals surface area contributed by atoms with Crippen LogP contribution in [0.5, 0.6) is 0 Å². The van der Waals surface area contributed by atoms with Gasteiger partial charge >= 0.3 is 0 Å². The van der Waals surface area contributed by atoms with Gasteiger partial charge in [-0.25, -0.2) is 0 Å². The maximum absolute atomic E-state index is 2.54. The molecule has 1 heteroatoms. The fraction of sp³-hybridized carbons (Fsp3) is 0.826. The maximum atomic E-state index is 2.54. The summed E-state index contributed by atoms with van der Waals surface area (Å²) in [7, 11) is 2.30. The Balaban J connectivity index is 2.37. The molecule has 0 aromatic rings. The van der Waals surface area contributed by atoms with E-state index in [4.69, 9.17) is 0 Å². The van der Waals surface area contributed by atoms with Gasteiger partial charge in [-0.1, -0.05) is 69.1 Å². The SMILES string of the molecule is CC(C)=C1/C=C/CCCCCCCN(C)CCCCCCCCC1. The van der Waals surface area contributed by atoms with E-state index in [0.717, 1.165) is 0 Å². The summed E-state index contributed by atoms with van der Waals surface area (Å²) >= 11 is 0. The van der Waals surface area contributed by atoms with E-state index in [1.165, 1.54) is 109 Å². The van der Waals surface area contributed by atoms with Gasteiger partial charge in [0.05, 0.1) is 0 Å². The first-order chi connectivity index (χ1) is 11.7. The highest BCUT2D eigenvalue weighted by Gasteiger charge is 2.00. The molecule has 1 rings (SSSR count). The molecule has 0 unspecified atom stereocenters. The predicted molar refractivity (Wildman–Crippen MR) is 110 cm³/mol. The molecule has 0 bridgehead atoms. The standard InChI is InChI=1S/C23H43N/c1-22(2)23-18-14-10-6-4-8-12-16-20-24(3)21-17-13-9-5-7-11-15-19-23/h14,18H,4-13,15-17,19-21H2,1-3H3/b18-14+. The summed E-state index contributed by atoms with van der Waals surface area (Å²) in [5, 5.41) is 0. The number of rotatable bonds is 0. The fourth-order valence-corrected chi connectivity index (χ4v) is 3.59. The first-order valence-corrected chi connectivity index (χ1v) is 10.7. The molecular weight excluding hydrogens is 290 g/mol. The van der Waals surface area contributed by atoms with E-state index >= 15 is 0 Å². The van der Waals surface area contributed by atoms with Crippen LogP contribution in [0.2, 0.25) is 0 Å². The van der Waals surface area contributed by atoms with Crippen molar-refractivity contribution in [3.8, 4) is 0 Å². The van der Waals surface area contributed by atoms with Crippen molar-refractivity contribution in [3.05, 3.63) is 23.3 Å². The van der Waals surface area contributed by atoms with Crippen molar-refractivity contribution < 1.29 is 0 Å². The van der Waals surface area contributed by atoms with Crippen LogP contribution in [0.4, 0.5) is 0 Å². The van der Waals surface area contributed by atoms with Crippen molar-refractivity contribution in [2.45, 2.75) is 104 Å². The van der Waals surface area contributed by atoms with Gasteiger partial charge in [-0.15, -0.1) is 0 Å². The van der Waals surface area contributed by atoms with E-state index in [-0.39, 0.29) is 0 Å². The Morgan fingerprint density at radius 3 is 1.79 bits per heavy atom. The molecule has 0 N–H and O–H groups in total. The predicted octanol–water partition coefficient (Wildman–Crippen LogP) is 7.29. The minimum absolute atomic E-state index is 1.26. The highest BCUT2D eigenvalue weighted by molar-refractivity contribution is 5.23. The first-order valence-electron chi connectivity index (χ1n) is 10.7. The van der Waals surface area contributed by atoms with Crippen molar-refractivity contribution in [2.75, 3.05) is 20.1 Å². The Hall–Kier alpha value is -0.560. The van der Waals surface area contributed by atoms with Crippen molar-refractivity contribution in [3.63, 3.8) is 0 Å². The van der Waals surface area contributed by atoms with Crippen LogP contribution in [0.15, 0.2) is 23.3 Å². The van der Waals surface area contributed by atoms with Crippen molar-refractivity contribution >= 4 is 0 Å². The molecule has 0 atom stereocenters. The third kappa shape index (κ3) is 11.9. The van der Waals surface area contributed by atoms with Gasteiger partial charge in [0.15, 0.2) is 0 Å². The molecule has 0 aliphatic carbocycles. The van der Waals surface area contributed by atoms with Crippen LogP contribution in [0, 0.1) is 0 Å². The molecule has 0 radical (unpaired) electrons. The Bertz CT molecular complexity index is 349. The van der Waals surface area contributed by atoms with Crippen LogP contribution in [0.3, 0.4) is 0 Å². The average molecular weight is 334 g/mol. The highest BCUT2D eigenvalue weighted by atomic mass is 15.1. The molecule has 140 valence electrons. The van der Waals surface area contributed by atoms with Crippen molar-refractivity contribution in [2.24, 2.45) is 0 Å². The van der Waals surface area contributed by atoms with Crippen LogP contribution < -0.4 is 0 Å². The second-order valence-corrected chi connectivity index (χ2v) is 8.01. The summed E-state index contributed by atoms with van der Waals surface area (Å²) in [5.74, 6) is 0. The molecule has 1 heterocycles. The molecule has 1 aliphatic heterocycles. The molecule has 1 nitrogen and oxygen atoms in total. The molecule has 1 aliphatic rings. The van der Waals surface area contributed by atoms with Gasteiger partial charge in [-0.05, 0) is 78.1 Å². The molecule has 0 aromatic carbocycles. The second-order valence-electron chi connectivity index (χ2n) is 8.01. The molecule has 0 fully saturated rings. The van der Waals surface area contributed by atoms with Crippen molar-refractivity contribution in [1.82, 2.24) is 4.90 Å². The molecule has 0 aromatic heterocycles. The molecule has 0 saturated carbocycles. The molecular formula is C23H43N. The lowest BCUT2D eigenvalue weighted by Crippen LogP contribution is -2.20. The summed E-state index contributed by atoms with van der Waals surface area (Å²) in [6.45, 7) is 7.14. The van der Waals surface area contributed by atoms with E-state index in [2.05, 4.69) is 37.9 Å². The van der Waals surface area contributed by atoms with Gasteiger partial charge in [0.25, 0.3) is 0 Å². The first kappa shape index (κ1) is 21.5. The Morgan fingerprint density at radius 1 is 0.708 bits per heavy atom. The van der Waals surface area contributed by atoms with E-state index in [9.17, 15) is 0 Å². The fourth-order valence-electron chi connectivity index (χ4n) is 3.59. The van der Waals surface area contributed by atoms with E-state index in [1.807, 2.05) is 0 Å². The summed E-state index contributed by atoms with van der Waals surface area (Å²) < 4.78 is 0. The van der Waals surface area contributed by atoms with E-state index in [0.29, 0.717) is 0 Å². The summed E-state index contributed by atoms with van der Waals surface area (Å²) in [5.41, 5.74) is 3.10.